The molecular formula is C22H28N4O5S. The molecule has 172 valence electrons. The maximum absolute atomic E-state index is 12.5. The number of nitro groups is 1. The highest BCUT2D eigenvalue weighted by Crippen LogP contribution is 2.23. The highest BCUT2D eigenvalue weighted by molar-refractivity contribution is 7.89. The number of aryl methyl sites for hydroxylation is 1. The first kappa shape index (κ1) is 23.8. The Bertz CT molecular complexity index is 1060. The van der Waals surface area contributed by atoms with Gasteiger partial charge in [0.05, 0.1) is 9.82 Å². The van der Waals surface area contributed by atoms with Crippen molar-refractivity contribution in [3.05, 3.63) is 64.2 Å². The Morgan fingerprint density at radius 1 is 1.19 bits per heavy atom. The molecule has 0 spiro atoms. The van der Waals surface area contributed by atoms with Crippen molar-refractivity contribution in [3.63, 3.8) is 0 Å². The lowest BCUT2D eigenvalue weighted by molar-refractivity contribution is -0.383. The summed E-state index contributed by atoms with van der Waals surface area (Å²) in [5, 5.41) is 13.7. The van der Waals surface area contributed by atoms with Gasteiger partial charge in [-0.15, -0.1) is 0 Å². The van der Waals surface area contributed by atoms with Gasteiger partial charge in [-0.25, -0.2) is 13.1 Å². The molecule has 2 N–H and O–H groups in total. The van der Waals surface area contributed by atoms with Gasteiger partial charge in [0.15, 0.2) is 0 Å². The lowest BCUT2D eigenvalue weighted by Crippen LogP contribution is -2.41. The topological polar surface area (TPSA) is 122 Å². The molecule has 2 aromatic carbocycles. The first-order valence-corrected chi connectivity index (χ1v) is 12.0. The summed E-state index contributed by atoms with van der Waals surface area (Å²) in [6.45, 7) is 4.28. The van der Waals surface area contributed by atoms with Gasteiger partial charge < -0.3 is 10.2 Å². The molecule has 2 aromatic rings. The number of sulfonamides is 1. The van der Waals surface area contributed by atoms with Crippen LogP contribution in [-0.4, -0.2) is 50.3 Å². The number of carbonyl (C=O) groups excluding carboxylic acids is 1. The van der Waals surface area contributed by atoms with Crippen molar-refractivity contribution < 1.29 is 18.1 Å². The van der Waals surface area contributed by atoms with Crippen molar-refractivity contribution in [3.8, 4) is 0 Å². The Morgan fingerprint density at radius 3 is 2.62 bits per heavy atom. The minimum atomic E-state index is -3.55. The standard InChI is InChI=1S/C22H28N4O5S/c1-17-8-10-19(11-9-17)32(30,31)23-15-18-5-4-13-25(16-18)14-12-22(27)24-20-6-2-3-7-21(20)26(28)29/h2-3,6-11,18,23H,4-5,12-16H2,1H3,(H,24,27). The number of nitro benzene ring substituents is 1. The van der Waals surface area contributed by atoms with Gasteiger partial charge >= 0.3 is 0 Å². The SMILES string of the molecule is Cc1ccc(S(=O)(=O)NCC2CCCN(CCC(=O)Nc3ccccc3[N+](=O)[O-])C2)cc1. The predicted octanol–water partition coefficient (Wildman–Crippen LogP) is 2.92. The fourth-order valence-electron chi connectivity index (χ4n) is 3.76. The van der Waals surface area contributed by atoms with Gasteiger partial charge in [0.1, 0.15) is 5.69 Å². The van der Waals surface area contributed by atoms with Crippen LogP contribution in [-0.2, 0) is 14.8 Å². The van der Waals surface area contributed by atoms with Crippen molar-refractivity contribution in [2.45, 2.75) is 31.1 Å². The molecule has 1 aliphatic rings. The van der Waals surface area contributed by atoms with Crippen molar-refractivity contribution in [2.75, 3.05) is 31.5 Å². The van der Waals surface area contributed by atoms with Crippen molar-refractivity contribution in [2.24, 2.45) is 5.92 Å². The normalized spacial score (nSPS) is 17.1. The third kappa shape index (κ3) is 6.59. The number of benzene rings is 2. The summed E-state index contributed by atoms with van der Waals surface area (Å²) in [4.78, 5) is 25.2. The highest BCUT2D eigenvalue weighted by Gasteiger charge is 2.23. The van der Waals surface area contributed by atoms with Gasteiger partial charge in [-0.3, -0.25) is 14.9 Å². The lowest BCUT2D eigenvalue weighted by Gasteiger charge is -2.32. The molecule has 10 heteroatoms. The van der Waals surface area contributed by atoms with E-state index in [-0.39, 0.29) is 34.5 Å². The highest BCUT2D eigenvalue weighted by atomic mass is 32.2. The van der Waals surface area contributed by atoms with Crippen molar-refractivity contribution in [1.29, 1.82) is 0 Å². The summed E-state index contributed by atoms with van der Waals surface area (Å²) in [5.41, 5.74) is 1.04. The van der Waals surface area contributed by atoms with E-state index >= 15 is 0 Å². The molecule has 1 amide bonds. The maximum Gasteiger partial charge on any atom is 0.292 e. The number of carbonyl (C=O) groups is 1. The van der Waals surface area contributed by atoms with E-state index in [1.54, 1.807) is 36.4 Å². The van der Waals surface area contributed by atoms with Gasteiger partial charge in [0.25, 0.3) is 5.69 Å². The monoisotopic (exact) mass is 460 g/mol. The molecule has 1 heterocycles. The van der Waals surface area contributed by atoms with E-state index < -0.39 is 14.9 Å². The summed E-state index contributed by atoms with van der Waals surface area (Å²) >= 11 is 0. The Hall–Kier alpha value is -2.82. The van der Waals surface area contributed by atoms with E-state index in [2.05, 4.69) is 14.9 Å². The summed E-state index contributed by atoms with van der Waals surface area (Å²) in [6, 6.07) is 12.8. The zero-order chi connectivity index (χ0) is 23.1. The van der Waals surface area contributed by atoms with E-state index in [9.17, 15) is 23.3 Å². The first-order valence-electron chi connectivity index (χ1n) is 10.6. The van der Waals surface area contributed by atoms with E-state index in [4.69, 9.17) is 0 Å². The molecule has 0 aliphatic carbocycles. The third-order valence-corrected chi connectivity index (χ3v) is 6.97. The number of rotatable bonds is 9. The van der Waals surface area contributed by atoms with Gasteiger partial charge in [0, 0.05) is 32.1 Å². The molecule has 1 unspecified atom stereocenters. The van der Waals surface area contributed by atoms with Crippen LogP contribution in [0.4, 0.5) is 11.4 Å². The number of nitrogens with one attached hydrogen (secondary N) is 2. The smallest absolute Gasteiger partial charge is 0.292 e. The zero-order valence-electron chi connectivity index (χ0n) is 18.0. The largest absolute Gasteiger partial charge is 0.320 e. The maximum atomic E-state index is 12.5. The Labute approximate surface area is 188 Å². The number of hydrogen-bond donors (Lipinski definition) is 2. The van der Waals surface area contributed by atoms with Crippen LogP contribution in [0, 0.1) is 23.0 Å². The van der Waals surface area contributed by atoms with E-state index in [0.29, 0.717) is 19.6 Å². The number of para-hydroxylation sites is 2. The van der Waals surface area contributed by atoms with Crippen molar-refractivity contribution >= 4 is 27.3 Å². The molecular weight excluding hydrogens is 432 g/mol. The molecule has 9 nitrogen and oxygen atoms in total. The van der Waals surface area contributed by atoms with Gasteiger partial charge in [-0.05, 0) is 50.4 Å². The number of hydrogen-bond acceptors (Lipinski definition) is 6. The van der Waals surface area contributed by atoms with Crippen LogP contribution in [0.15, 0.2) is 53.4 Å². The third-order valence-electron chi connectivity index (χ3n) is 5.53. The second kappa shape index (κ2) is 10.7. The van der Waals surface area contributed by atoms with Crippen LogP contribution in [0.1, 0.15) is 24.8 Å². The molecule has 3 rings (SSSR count). The number of piperidine rings is 1. The average Bonchev–Trinajstić information content (AvgIpc) is 2.77. The van der Waals surface area contributed by atoms with Crippen LogP contribution in [0.2, 0.25) is 0 Å². The average molecular weight is 461 g/mol. The molecule has 0 radical (unpaired) electrons. The summed E-state index contributed by atoms with van der Waals surface area (Å²) < 4.78 is 27.7. The fourth-order valence-corrected chi connectivity index (χ4v) is 4.88. The molecule has 32 heavy (non-hydrogen) atoms. The van der Waals surface area contributed by atoms with Gasteiger partial charge in [-0.2, -0.15) is 0 Å². The van der Waals surface area contributed by atoms with Crippen LogP contribution in [0.5, 0.6) is 0 Å². The molecule has 1 fully saturated rings. The Morgan fingerprint density at radius 2 is 1.91 bits per heavy atom. The molecule has 1 atom stereocenters. The van der Waals surface area contributed by atoms with Crippen LogP contribution in [0.25, 0.3) is 0 Å². The summed E-state index contributed by atoms with van der Waals surface area (Å²) in [7, 11) is -3.55. The predicted molar refractivity (Wildman–Crippen MR) is 122 cm³/mol. The van der Waals surface area contributed by atoms with E-state index in [1.165, 1.54) is 12.1 Å². The van der Waals surface area contributed by atoms with Gasteiger partial charge in [0.2, 0.25) is 15.9 Å². The number of nitrogens with zero attached hydrogens (tertiary/aromatic N) is 2. The Balaban J connectivity index is 1.47. The minimum absolute atomic E-state index is 0.139. The summed E-state index contributed by atoms with van der Waals surface area (Å²) in [5.74, 6) is -0.135. The number of likely N-dealkylation sites (tertiary alicyclic amines) is 1. The molecule has 0 saturated carbocycles. The lowest BCUT2D eigenvalue weighted by atomic mass is 9.98. The molecule has 0 bridgehead atoms. The summed E-state index contributed by atoms with van der Waals surface area (Å²) in [6.07, 6.45) is 2.03. The molecule has 1 saturated heterocycles. The fraction of sp³-hybridized carbons (Fsp3) is 0.409. The van der Waals surface area contributed by atoms with Crippen LogP contribution >= 0.6 is 0 Å². The number of amides is 1. The van der Waals surface area contributed by atoms with E-state index in [1.807, 2.05) is 6.92 Å². The van der Waals surface area contributed by atoms with Crippen LogP contribution < -0.4 is 10.0 Å². The quantitative estimate of drug-likeness (QED) is 0.438. The van der Waals surface area contributed by atoms with Crippen molar-refractivity contribution in [1.82, 2.24) is 9.62 Å². The minimum Gasteiger partial charge on any atom is -0.320 e. The van der Waals surface area contributed by atoms with E-state index in [0.717, 1.165) is 24.9 Å². The van der Waals surface area contributed by atoms with Crippen LogP contribution in [0.3, 0.4) is 0 Å². The second-order valence-electron chi connectivity index (χ2n) is 8.05. The second-order valence-corrected chi connectivity index (χ2v) is 9.81. The van der Waals surface area contributed by atoms with Gasteiger partial charge in [-0.1, -0.05) is 29.8 Å². The molecule has 0 aromatic heterocycles. The number of anilines is 1. The molecule has 1 aliphatic heterocycles. The zero-order valence-corrected chi connectivity index (χ0v) is 18.8. The Kier molecular flexibility index (Phi) is 7.94. The first-order chi connectivity index (χ1) is 15.2.